The van der Waals surface area contributed by atoms with Gasteiger partial charge in [0.1, 0.15) is 0 Å². The Morgan fingerprint density at radius 2 is 0.797 bits per heavy atom. The second-order valence-corrected chi connectivity index (χ2v) is 18.9. The highest BCUT2D eigenvalue weighted by Crippen LogP contribution is 2.62. The van der Waals surface area contributed by atoms with Crippen LogP contribution >= 0.6 is 0 Å². The van der Waals surface area contributed by atoms with Crippen molar-refractivity contribution in [1.82, 2.24) is 0 Å². The van der Waals surface area contributed by atoms with E-state index in [1.807, 2.05) is 0 Å². The van der Waals surface area contributed by atoms with Gasteiger partial charge in [-0.1, -0.05) is 146 Å². The monoisotopic (exact) mass is 757 g/mol. The lowest BCUT2D eigenvalue weighted by atomic mass is 9.53. The molecule has 0 saturated heterocycles. The van der Waals surface area contributed by atoms with Crippen LogP contribution in [0.1, 0.15) is 83.0 Å². The minimum Gasteiger partial charge on any atom is -0.277 e. The third-order valence-electron chi connectivity index (χ3n) is 15.6. The Balaban J connectivity index is 1.11. The van der Waals surface area contributed by atoms with Crippen molar-refractivity contribution in [3.8, 4) is 33.4 Å². The number of fused-ring (bicyclic) bond motifs is 11. The number of hydrogen-bond donors (Lipinski definition) is 0. The van der Waals surface area contributed by atoms with Gasteiger partial charge in [0.2, 0.25) is 0 Å². The second kappa shape index (κ2) is 12.2. The van der Waals surface area contributed by atoms with Gasteiger partial charge in [0, 0.05) is 11.1 Å². The van der Waals surface area contributed by atoms with E-state index in [-0.39, 0.29) is 5.54 Å². The molecule has 8 aromatic rings. The molecule has 0 aliphatic heterocycles. The first-order chi connectivity index (χ1) is 29.0. The van der Waals surface area contributed by atoms with Crippen molar-refractivity contribution in [2.75, 3.05) is 0 Å². The van der Waals surface area contributed by atoms with E-state index in [0.717, 1.165) is 17.8 Å². The average Bonchev–Trinajstić information content (AvgIpc) is 3.54. The van der Waals surface area contributed by atoms with Gasteiger partial charge in [0.15, 0.2) is 0 Å². The SMILES string of the molecule is Cc1ccc(-c2ccc3c(c2)C2(c4ccccc4C(=NC45CC6CC(CC(C6)C4)C5)c4ccccc42)c2cc(-c4ccc(C)c5ccccc45)ccc2-3)c2ccccc12. The zero-order valence-electron chi connectivity index (χ0n) is 33.9. The van der Waals surface area contributed by atoms with Crippen LogP contribution in [0.3, 0.4) is 0 Å². The summed E-state index contributed by atoms with van der Waals surface area (Å²) in [6.07, 6.45) is 8.03. The van der Waals surface area contributed by atoms with Gasteiger partial charge >= 0.3 is 0 Å². The lowest BCUT2D eigenvalue weighted by Crippen LogP contribution is -2.50. The number of benzene rings is 8. The zero-order valence-corrected chi connectivity index (χ0v) is 33.9. The van der Waals surface area contributed by atoms with Gasteiger partial charge in [-0.15, -0.1) is 0 Å². The first-order valence-electron chi connectivity index (χ1n) is 22.0. The summed E-state index contributed by atoms with van der Waals surface area (Å²) in [7, 11) is 0. The summed E-state index contributed by atoms with van der Waals surface area (Å²) in [5.41, 5.74) is 19.2. The summed E-state index contributed by atoms with van der Waals surface area (Å²) in [6, 6.07) is 60.6. The van der Waals surface area contributed by atoms with Crippen LogP contribution in [0.15, 0.2) is 163 Å². The molecule has 4 saturated carbocycles. The molecule has 6 aliphatic rings. The van der Waals surface area contributed by atoms with Gasteiger partial charge in [-0.05, 0) is 171 Å². The normalized spacial score (nSPS) is 22.7. The zero-order chi connectivity index (χ0) is 39.0. The van der Waals surface area contributed by atoms with Gasteiger partial charge in [0.05, 0.1) is 16.7 Å². The fraction of sp³-hybridized carbons (Fsp3) is 0.224. The molecule has 0 atom stereocenters. The molecule has 14 rings (SSSR count). The van der Waals surface area contributed by atoms with Crippen molar-refractivity contribution in [3.05, 3.63) is 202 Å². The lowest BCUT2D eigenvalue weighted by Gasteiger charge is -2.55. The molecule has 6 aliphatic carbocycles. The Kier molecular flexibility index (Phi) is 7.03. The van der Waals surface area contributed by atoms with E-state index in [2.05, 4.69) is 172 Å². The van der Waals surface area contributed by atoms with E-state index in [1.54, 1.807) is 0 Å². The molecule has 284 valence electrons. The standard InChI is InChI=1S/C58H47N/c1-35-19-23-44(46-13-5-3-11-42(35)46)40-21-25-48-49-26-22-41(45-24-20-36(2)43-12-4-6-14-47(43)45)31-55(49)58(54(48)30-40)52-17-9-7-15-50(52)56(51-16-8-10-18-53(51)58)59-57-32-37-27-38(33-57)29-39(28-37)34-57/h3-26,30-31,37-39H,27-29,32-34H2,1-2H3. The molecule has 0 amide bonds. The Bertz CT molecular complexity index is 2900. The number of hydrogen-bond acceptors (Lipinski definition) is 1. The molecular weight excluding hydrogens is 711 g/mol. The van der Waals surface area contributed by atoms with Crippen molar-refractivity contribution < 1.29 is 0 Å². The number of rotatable bonds is 3. The van der Waals surface area contributed by atoms with Crippen LogP contribution < -0.4 is 0 Å². The molecule has 1 spiro atoms. The molecule has 8 aromatic carbocycles. The van der Waals surface area contributed by atoms with Crippen LogP contribution in [-0.2, 0) is 5.41 Å². The molecular formula is C58H47N. The molecule has 1 nitrogen and oxygen atoms in total. The molecule has 59 heavy (non-hydrogen) atoms. The van der Waals surface area contributed by atoms with Crippen molar-refractivity contribution in [3.63, 3.8) is 0 Å². The van der Waals surface area contributed by atoms with Gasteiger partial charge in [-0.2, -0.15) is 0 Å². The first kappa shape index (κ1) is 33.9. The van der Waals surface area contributed by atoms with Crippen LogP contribution in [-0.4, -0.2) is 11.3 Å². The number of aryl methyl sites for hydroxylation is 2. The van der Waals surface area contributed by atoms with E-state index in [0.29, 0.717) is 0 Å². The maximum Gasteiger partial charge on any atom is 0.0732 e. The van der Waals surface area contributed by atoms with Crippen molar-refractivity contribution in [1.29, 1.82) is 0 Å². The Morgan fingerprint density at radius 1 is 0.390 bits per heavy atom. The Labute approximate surface area is 347 Å². The van der Waals surface area contributed by atoms with Crippen LogP contribution in [0.2, 0.25) is 0 Å². The minimum atomic E-state index is -0.536. The maximum atomic E-state index is 6.11. The average molecular weight is 758 g/mol. The molecule has 4 fully saturated rings. The third-order valence-corrected chi connectivity index (χ3v) is 15.6. The summed E-state index contributed by atoms with van der Waals surface area (Å²) >= 11 is 0. The van der Waals surface area contributed by atoms with Crippen LogP contribution in [0.4, 0.5) is 0 Å². The van der Waals surface area contributed by atoms with Crippen molar-refractivity contribution in [2.24, 2.45) is 22.7 Å². The van der Waals surface area contributed by atoms with Crippen LogP contribution in [0.25, 0.3) is 54.9 Å². The van der Waals surface area contributed by atoms with Crippen molar-refractivity contribution >= 4 is 27.3 Å². The molecule has 0 N–H and O–H groups in total. The van der Waals surface area contributed by atoms with E-state index < -0.39 is 5.41 Å². The summed E-state index contributed by atoms with van der Waals surface area (Å²) in [5.74, 6) is 2.52. The van der Waals surface area contributed by atoms with Crippen LogP contribution in [0, 0.1) is 31.6 Å². The lowest BCUT2D eigenvalue weighted by molar-refractivity contribution is 0.00173. The largest absolute Gasteiger partial charge is 0.277 e. The Morgan fingerprint density at radius 3 is 1.27 bits per heavy atom. The highest BCUT2D eigenvalue weighted by Gasteiger charge is 2.54. The second-order valence-electron chi connectivity index (χ2n) is 18.9. The molecule has 0 aromatic heterocycles. The van der Waals surface area contributed by atoms with Gasteiger partial charge in [-0.3, -0.25) is 4.99 Å². The summed E-state index contributed by atoms with van der Waals surface area (Å²) in [5, 5.41) is 5.25. The number of nitrogens with zero attached hydrogens (tertiary/aromatic N) is 1. The quantitative estimate of drug-likeness (QED) is 0.170. The molecule has 0 heterocycles. The smallest absolute Gasteiger partial charge is 0.0732 e. The fourth-order valence-electron chi connectivity index (χ4n) is 13.5. The molecule has 4 bridgehead atoms. The predicted molar refractivity (Wildman–Crippen MR) is 246 cm³/mol. The van der Waals surface area contributed by atoms with Crippen molar-refractivity contribution in [2.45, 2.75) is 63.3 Å². The minimum absolute atomic E-state index is 0.0552. The number of aliphatic imine (C=N–C) groups is 1. The molecule has 0 radical (unpaired) electrons. The van der Waals surface area contributed by atoms with E-state index in [1.165, 1.54) is 144 Å². The van der Waals surface area contributed by atoms with Gasteiger partial charge < -0.3 is 0 Å². The van der Waals surface area contributed by atoms with E-state index in [4.69, 9.17) is 4.99 Å². The predicted octanol–water partition coefficient (Wildman–Crippen LogP) is 14.4. The van der Waals surface area contributed by atoms with E-state index >= 15 is 0 Å². The topological polar surface area (TPSA) is 12.4 Å². The van der Waals surface area contributed by atoms with Gasteiger partial charge in [-0.25, -0.2) is 0 Å². The summed E-state index contributed by atoms with van der Waals surface area (Å²) < 4.78 is 0. The Hall–Kier alpha value is -6.05. The third kappa shape index (κ3) is 4.71. The molecule has 0 unspecified atom stereocenters. The molecule has 1 heteroatoms. The van der Waals surface area contributed by atoms with E-state index in [9.17, 15) is 0 Å². The van der Waals surface area contributed by atoms with Gasteiger partial charge in [0.25, 0.3) is 0 Å². The summed E-state index contributed by atoms with van der Waals surface area (Å²) in [6.45, 7) is 4.46. The van der Waals surface area contributed by atoms with Crippen LogP contribution in [0.5, 0.6) is 0 Å². The fourth-order valence-corrected chi connectivity index (χ4v) is 13.5. The highest BCUT2D eigenvalue weighted by molar-refractivity contribution is 6.18. The summed E-state index contributed by atoms with van der Waals surface area (Å²) in [4.78, 5) is 6.11. The maximum absolute atomic E-state index is 6.11. The first-order valence-corrected chi connectivity index (χ1v) is 22.0. The highest BCUT2D eigenvalue weighted by atomic mass is 14.9.